The zero-order valence-corrected chi connectivity index (χ0v) is 10.6. The molecular formula is C14H21FN2. The molecule has 1 aromatic rings. The van der Waals surface area contributed by atoms with Gasteiger partial charge in [0, 0.05) is 12.1 Å². The Kier molecular flexibility index (Phi) is 3.79. The summed E-state index contributed by atoms with van der Waals surface area (Å²) in [7, 11) is 2.11. The zero-order chi connectivity index (χ0) is 12.4. The largest absolute Gasteiger partial charge is 0.326 e. The number of benzene rings is 1. The van der Waals surface area contributed by atoms with Crippen molar-refractivity contribution < 1.29 is 4.39 Å². The lowest BCUT2D eigenvalue weighted by molar-refractivity contribution is 0.229. The SMILES string of the molecule is Cc1cc(F)ccc1C1C(N)CCCCN1C. The van der Waals surface area contributed by atoms with Gasteiger partial charge in [0.2, 0.25) is 0 Å². The fraction of sp³-hybridized carbons (Fsp3) is 0.571. The third kappa shape index (κ3) is 2.67. The highest BCUT2D eigenvalue weighted by atomic mass is 19.1. The van der Waals surface area contributed by atoms with Crippen molar-refractivity contribution in [2.75, 3.05) is 13.6 Å². The van der Waals surface area contributed by atoms with Crippen molar-refractivity contribution in [1.82, 2.24) is 4.90 Å². The van der Waals surface area contributed by atoms with Gasteiger partial charge in [-0.15, -0.1) is 0 Å². The first-order chi connectivity index (χ1) is 8.09. The van der Waals surface area contributed by atoms with Crippen LogP contribution in [0.5, 0.6) is 0 Å². The molecule has 1 aromatic carbocycles. The van der Waals surface area contributed by atoms with Gasteiger partial charge in [0.15, 0.2) is 0 Å². The molecule has 2 rings (SSSR count). The minimum absolute atomic E-state index is 0.145. The maximum Gasteiger partial charge on any atom is 0.123 e. The van der Waals surface area contributed by atoms with E-state index in [9.17, 15) is 4.39 Å². The molecule has 94 valence electrons. The summed E-state index contributed by atoms with van der Waals surface area (Å²) in [5.41, 5.74) is 8.44. The predicted octanol–water partition coefficient (Wildman–Crippen LogP) is 2.62. The molecule has 1 heterocycles. The van der Waals surface area contributed by atoms with E-state index >= 15 is 0 Å². The summed E-state index contributed by atoms with van der Waals surface area (Å²) < 4.78 is 13.1. The van der Waals surface area contributed by atoms with Crippen molar-refractivity contribution in [3.8, 4) is 0 Å². The molecule has 2 N–H and O–H groups in total. The minimum Gasteiger partial charge on any atom is -0.326 e. The van der Waals surface area contributed by atoms with Crippen LogP contribution < -0.4 is 5.73 Å². The molecule has 1 aliphatic heterocycles. The van der Waals surface area contributed by atoms with E-state index in [4.69, 9.17) is 5.73 Å². The van der Waals surface area contributed by atoms with Crippen LogP contribution in [-0.4, -0.2) is 24.5 Å². The third-order valence-electron chi connectivity index (χ3n) is 3.73. The number of rotatable bonds is 1. The Balaban J connectivity index is 2.34. The molecule has 2 unspecified atom stereocenters. The maximum absolute atomic E-state index is 13.1. The molecule has 1 aliphatic rings. The van der Waals surface area contributed by atoms with Crippen molar-refractivity contribution in [2.24, 2.45) is 5.73 Å². The van der Waals surface area contributed by atoms with Crippen LogP contribution in [0.4, 0.5) is 4.39 Å². The number of nitrogens with zero attached hydrogens (tertiary/aromatic N) is 1. The van der Waals surface area contributed by atoms with Crippen LogP contribution >= 0.6 is 0 Å². The number of aryl methyl sites for hydroxylation is 1. The van der Waals surface area contributed by atoms with Crippen LogP contribution in [0.25, 0.3) is 0 Å². The summed E-state index contributed by atoms with van der Waals surface area (Å²) in [6.45, 7) is 3.03. The highest BCUT2D eigenvalue weighted by molar-refractivity contribution is 5.30. The standard InChI is InChI=1S/C14H21FN2/c1-10-9-11(15)6-7-12(10)14-13(16)5-3-4-8-17(14)2/h6-7,9,13-14H,3-5,8,16H2,1-2H3. The normalized spacial score (nSPS) is 26.8. The predicted molar refractivity (Wildman–Crippen MR) is 68.3 cm³/mol. The second kappa shape index (κ2) is 5.15. The van der Waals surface area contributed by atoms with E-state index in [2.05, 4.69) is 11.9 Å². The van der Waals surface area contributed by atoms with Crippen molar-refractivity contribution >= 4 is 0 Å². The Morgan fingerprint density at radius 1 is 1.35 bits per heavy atom. The van der Waals surface area contributed by atoms with Crippen LogP contribution in [-0.2, 0) is 0 Å². The lowest BCUT2D eigenvalue weighted by Crippen LogP contribution is -2.38. The first-order valence-corrected chi connectivity index (χ1v) is 6.31. The average Bonchev–Trinajstić information content (AvgIpc) is 2.42. The summed E-state index contributed by atoms with van der Waals surface area (Å²) in [6.07, 6.45) is 3.43. The zero-order valence-electron chi connectivity index (χ0n) is 10.6. The second-order valence-corrected chi connectivity index (χ2v) is 5.09. The molecule has 0 spiro atoms. The van der Waals surface area contributed by atoms with Crippen LogP contribution in [0.1, 0.15) is 36.4 Å². The van der Waals surface area contributed by atoms with Crippen molar-refractivity contribution in [1.29, 1.82) is 0 Å². The molecule has 3 heteroatoms. The van der Waals surface area contributed by atoms with Crippen molar-refractivity contribution in [3.05, 3.63) is 35.1 Å². The third-order valence-corrected chi connectivity index (χ3v) is 3.73. The molecule has 0 saturated carbocycles. The van der Waals surface area contributed by atoms with Crippen LogP contribution in [0.2, 0.25) is 0 Å². The fourth-order valence-electron chi connectivity index (χ4n) is 2.80. The first-order valence-electron chi connectivity index (χ1n) is 6.31. The summed E-state index contributed by atoms with van der Waals surface area (Å²) >= 11 is 0. The summed E-state index contributed by atoms with van der Waals surface area (Å²) in [5, 5.41) is 0. The number of halogens is 1. The lowest BCUT2D eigenvalue weighted by atomic mass is 9.93. The van der Waals surface area contributed by atoms with E-state index in [1.165, 1.54) is 24.5 Å². The molecule has 17 heavy (non-hydrogen) atoms. The molecule has 0 amide bonds. The van der Waals surface area contributed by atoms with Gasteiger partial charge < -0.3 is 5.73 Å². The van der Waals surface area contributed by atoms with Crippen molar-refractivity contribution in [2.45, 2.75) is 38.3 Å². The Hall–Kier alpha value is -0.930. The quantitative estimate of drug-likeness (QED) is 0.812. The minimum atomic E-state index is -0.170. The van der Waals surface area contributed by atoms with E-state index in [0.717, 1.165) is 18.5 Å². The molecule has 1 saturated heterocycles. The highest BCUT2D eigenvalue weighted by Gasteiger charge is 2.27. The summed E-state index contributed by atoms with van der Waals surface area (Å²) in [4.78, 5) is 2.30. The van der Waals surface area contributed by atoms with E-state index in [0.29, 0.717) is 0 Å². The number of likely N-dealkylation sites (N-methyl/N-ethyl adjacent to an activating group) is 1. The average molecular weight is 236 g/mol. The molecule has 0 aromatic heterocycles. The first kappa shape index (κ1) is 12.5. The van der Waals surface area contributed by atoms with E-state index in [1.54, 1.807) is 6.07 Å². The maximum atomic E-state index is 13.1. The molecule has 2 atom stereocenters. The lowest BCUT2D eigenvalue weighted by Gasteiger charge is -2.31. The van der Waals surface area contributed by atoms with Gasteiger partial charge in [-0.25, -0.2) is 4.39 Å². The van der Waals surface area contributed by atoms with E-state index in [1.807, 2.05) is 13.0 Å². The Labute approximate surface area is 103 Å². The molecular weight excluding hydrogens is 215 g/mol. The topological polar surface area (TPSA) is 29.3 Å². The number of nitrogens with two attached hydrogens (primary N) is 1. The number of hydrogen-bond donors (Lipinski definition) is 1. The van der Waals surface area contributed by atoms with E-state index < -0.39 is 0 Å². The monoisotopic (exact) mass is 236 g/mol. The van der Waals surface area contributed by atoms with Gasteiger partial charge in [-0.3, -0.25) is 4.90 Å². The molecule has 0 aliphatic carbocycles. The highest BCUT2D eigenvalue weighted by Crippen LogP contribution is 2.30. The van der Waals surface area contributed by atoms with Gasteiger partial charge in [-0.1, -0.05) is 12.5 Å². The molecule has 2 nitrogen and oxygen atoms in total. The van der Waals surface area contributed by atoms with Crippen LogP contribution in [0, 0.1) is 12.7 Å². The summed E-state index contributed by atoms with van der Waals surface area (Å²) in [6, 6.07) is 5.38. The van der Waals surface area contributed by atoms with Crippen molar-refractivity contribution in [3.63, 3.8) is 0 Å². The Morgan fingerprint density at radius 2 is 2.12 bits per heavy atom. The second-order valence-electron chi connectivity index (χ2n) is 5.09. The molecule has 1 fully saturated rings. The number of likely N-dealkylation sites (tertiary alicyclic amines) is 1. The van der Waals surface area contributed by atoms with Gasteiger partial charge in [-0.05, 0) is 56.6 Å². The smallest absolute Gasteiger partial charge is 0.123 e. The Bertz CT molecular complexity index is 380. The van der Waals surface area contributed by atoms with Gasteiger partial charge in [0.25, 0.3) is 0 Å². The van der Waals surface area contributed by atoms with E-state index in [-0.39, 0.29) is 17.9 Å². The van der Waals surface area contributed by atoms with Gasteiger partial charge in [-0.2, -0.15) is 0 Å². The molecule has 0 radical (unpaired) electrons. The van der Waals surface area contributed by atoms with Gasteiger partial charge in [0.1, 0.15) is 5.82 Å². The van der Waals surface area contributed by atoms with Crippen LogP contribution in [0.15, 0.2) is 18.2 Å². The van der Waals surface area contributed by atoms with Gasteiger partial charge in [0.05, 0.1) is 0 Å². The molecule has 0 bridgehead atoms. The Morgan fingerprint density at radius 3 is 2.82 bits per heavy atom. The van der Waals surface area contributed by atoms with Crippen LogP contribution in [0.3, 0.4) is 0 Å². The fourth-order valence-corrected chi connectivity index (χ4v) is 2.80. The number of hydrogen-bond acceptors (Lipinski definition) is 2. The van der Waals surface area contributed by atoms with Gasteiger partial charge >= 0.3 is 0 Å². The summed E-state index contributed by atoms with van der Waals surface area (Å²) in [5.74, 6) is -0.170.